The number of amides is 2. The monoisotopic (exact) mass is 408 g/mol. The number of nitrogens with zero attached hydrogens (tertiary/aromatic N) is 2. The Labute approximate surface area is 174 Å². The van der Waals surface area contributed by atoms with Crippen LogP contribution in [0.15, 0.2) is 48.5 Å². The first-order chi connectivity index (χ1) is 14.2. The number of benzene rings is 2. The second-order valence-electron chi connectivity index (χ2n) is 7.17. The summed E-state index contributed by atoms with van der Waals surface area (Å²) < 4.78 is 0. The van der Waals surface area contributed by atoms with E-state index in [0.717, 1.165) is 40.2 Å². The molecule has 0 bridgehead atoms. The van der Waals surface area contributed by atoms with Crippen molar-refractivity contribution in [1.82, 2.24) is 20.2 Å². The van der Waals surface area contributed by atoms with E-state index in [1.165, 1.54) is 0 Å². The van der Waals surface area contributed by atoms with Gasteiger partial charge in [-0.3, -0.25) is 9.59 Å². The number of para-hydroxylation sites is 2. The predicted octanol–water partition coefficient (Wildman–Crippen LogP) is 3.52. The molecule has 1 atom stereocenters. The summed E-state index contributed by atoms with van der Waals surface area (Å²) in [5, 5.41) is 3.11. The number of carbonyl (C=O) groups is 2. The molecule has 2 heterocycles. The third-order valence-corrected chi connectivity index (χ3v) is 5.83. The average Bonchev–Trinajstić information content (AvgIpc) is 3.31. The molecule has 1 aliphatic rings. The van der Waals surface area contributed by atoms with Gasteiger partial charge in [0, 0.05) is 25.1 Å². The number of H-pyrrole nitrogens is 1. The van der Waals surface area contributed by atoms with Gasteiger partial charge in [0.15, 0.2) is 0 Å². The van der Waals surface area contributed by atoms with Crippen molar-refractivity contribution in [3.05, 3.63) is 65.5 Å². The molecular weight excluding hydrogens is 384 g/mol. The van der Waals surface area contributed by atoms with E-state index in [-0.39, 0.29) is 24.3 Å². The van der Waals surface area contributed by atoms with Gasteiger partial charge in [-0.15, -0.1) is 0 Å². The van der Waals surface area contributed by atoms with E-state index in [2.05, 4.69) is 15.3 Å². The van der Waals surface area contributed by atoms with Crippen LogP contribution in [-0.4, -0.2) is 45.2 Å². The summed E-state index contributed by atoms with van der Waals surface area (Å²) in [4.78, 5) is 34.8. The Hall–Kier alpha value is -2.80. The van der Waals surface area contributed by atoms with E-state index in [1.54, 1.807) is 16.7 Å². The summed E-state index contributed by atoms with van der Waals surface area (Å²) in [6.07, 6.45) is 3.12. The Morgan fingerprint density at radius 1 is 1.24 bits per heavy atom. The van der Waals surface area contributed by atoms with Crippen molar-refractivity contribution in [2.24, 2.45) is 0 Å². The normalized spacial score (nSPS) is 14.2. The van der Waals surface area contributed by atoms with Crippen molar-refractivity contribution >= 4 is 34.6 Å². The molecular formula is C22H24N4O2S. The summed E-state index contributed by atoms with van der Waals surface area (Å²) >= 11 is 1.74. The lowest BCUT2D eigenvalue weighted by atomic mass is 10.1. The SMILES string of the molecule is CSCC[C@H](NC(=O)CCN1Cc2ccccc2C1=O)c1nc2ccccc2[nH]1. The van der Waals surface area contributed by atoms with Crippen molar-refractivity contribution in [1.29, 1.82) is 0 Å². The second kappa shape index (κ2) is 8.69. The third-order valence-electron chi connectivity index (χ3n) is 5.19. The van der Waals surface area contributed by atoms with Gasteiger partial charge in [-0.1, -0.05) is 30.3 Å². The lowest BCUT2D eigenvalue weighted by Gasteiger charge is -2.19. The van der Waals surface area contributed by atoms with E-state index < -0.39 is 0 Å². The van der Waals surface area contributed by atoms with E-state index in [4.69, 9.17) is 0 Å². The van der Waals surface area contributed by atoms with Crippen LogP contribution in [0.4, 0.5) is 0 Å². The smallest absolute Gasteiger partial charge is 0.254 e. The Balaban J connectivity index is 1.39. The van der Waals surface area contributed by atoms with Gasteiger partial charge in [-0.05, 0) is 42.2 Å². The Kier molecular flexibility index (Phi) is 5.85. The number of nitrogens with one attached hydrogen (secondary N) is 2. The highest BCUT2D eigenvalue weighted by Gasteiger charge is 2.27. The van der Waals surface area contributed by atoms with Crippen LogP contribution in [-0.2, 0) is 11.3 Å². The maximum Gasteiger partial charge on any atom is 0.254 e. The van der Waals surface area contributed by atoms with Gasteiger partial charge in [0.1, 0.15) is 5.82 Å². The molecule has 0 spiro atoms. The van der Waals surface area contributed by atoms with Gasteiger partial charge in [0.25, 0.3) is 5.91 Å². The first-order valence-corrected chi connectivity index (χ1v) is 11.1. The number of hydrogen-bond donors (Lipinski definition) is 2. The zero-order valence-electron chi connectivity index (χ0n) is 16.4. The molecule has 0 fully saturated rings. The fraction of sp³-hybridized carbons (Fsp3) is 0.318. The maximum absolute atomic E-state index is 12.6. The van der Waals surface area contributed by atoms with E-state index >= 15 is 0 Å². The van der Waals surface area contributed by atoms with Gasteiger partial charge in [-0.25, -0.2) is 4.98 Å². The molecule has 3 aromatic rings. The van der Waals surface area contributed by atoms with Crippen LogP contribution in [0.2, 0.25) is 0 Å². The van der Waals surface area contributed by atoms with Gasteiger partial charge in [0.05, 0.1) is 17.1 Å². The van der Waals surface area contributed by atoms with Crippen molar-refractivity contribution in [3.8, 4) is 0 Å². The summed E-state index contributed by atoms with van der Waals surface area (Å²) in [5.74, 6) is 1.63. The minimum Gasteiger partial charge on any atom is -0.346 e. The summed E-state index contributed by atoms with van der Waals surface area (Å²) in [6, 6.07) is 15.3. The molecule has 29 heavy (non-hydrogen) atoms. The molecule has 0 unspecified atom stereocenters. The zero-order valence-corrected chi connectivity index (χ0v) is 17.2. The minimum atomic E-state index is -0.172. The molecule has 150 valence electrons. The molecule has 1 aromatic heterocycles. The second-order valence-corrected chi connectivity index (χ2v) is 8.16. The molecule has 0 saturated heterocycles. The van der Waals surface area contributed by atoms with Crippen molar-refractivity contribution in [2.75, 3.05) is 18.6 Å². The van der Waals surface area contributed by atoms with Crippen LogP contribution in [0.1, 0.15) is 40.6 Å². The van der Waals surface area contributed by atoms with E-state index in [0.29, 0.717) is 13.1 Å². The van der Waals surface area contributed by atoms with Crippen LogP contribution in [0.3, 0.4) is 0 Å². The van der Waals surface area contributed by atoms with Crippen molar-refractivity contribution in [3.63, 3.8) is 0 Å². The van der Waals surface area contributed by atoms with Gasteiger partial charge in [0.2, 0.25) is 5.91 Å². The molecule has 2 amide bonds. The number of imidazole rings is 1. The van der Waals surface area contributed by atoms with E-state index in [9.17, 15) is 9.59 Å². The van der Waals surface area contributed by atoms with Crippen LogP contribution >= 0.6 is 11.8 Å². The Bertz CT molecular complexity index is 999. The number of aromatic amines is 1. The van der Waals surface area contributed by atoms with Gasteiger partial charge < -0.3 is 15.2 Å². The predicted molar refractivity (Wildman–Crippen MR) is 116 cm³/mol. The molecule has 1 aliphatic heterocycles. The van der Waals surface area contributed by atoms with Crippen molar-refractivity contribution < 1.29 is 9.59 Å². The molecule has 0 aliphatic carbocycles. The third kappa shape index (κ3) is 4.29. The molecule has 4 rings (SSSR count). The standard InChI is InChI=1S/C22H24N4O2S/c1-29-13-11-19(21-24-17-8-4-5-9-18(17)25-21)23-20(27)10-12-26-14-15-6-2-3-7-16(15)22(26)28/h2-9,19H,10-14H2,1H3,(H,23,27)(H,24,25)/t19-/m0/s1. The number of hydrogen-bond acceptors (Lipinski definition) is 4. The lowest BCUT2D eigenvalue weighted by molar-refractivity contribution is -0.122. The van der Waals surface area contributed by atoms with Crippen LogP contribution in [0, 0.1) is 0 Å². The van der Waals surface area contributed by atoms with Gasteiger partial charge >= 0.3 is 0 Å². The number of carbonyl (C=O) groups excluding carboxylic acids is 2. The zero-order chi connectivity index (χ0) is 20.2. The highest BCUT2D eigenvalue weighted by atomic mass is 32.2. The summed E-state index contributed by atoms with van der Waals surface area (Å²) in [6.45, 7) is 0.983. The molecule has 2 N–H and O–H groups in total. The number of rotatable bonds is 8. The van der Waals surface area contributed by atoms with Gasteiger partial charge in [-0.2, -0.15) is 11.8 Å². The molecule has 7 heteroatoms. The molecule has 0 radical (unpaired) electrons. The Morgan fingerprint density at radius 2 is 2.03 bits per heavy atom. The number of aromatic nitrogens is 2. The molecule has 2 aromatic carbocycles. The van der Waals surface area contributed by atoms with Crippen molar-refractivity contribution in [2.45, 2.75) is 25.4 Å². The maximum atomic E-state index is 12.6. The first-order valence-electron chi connectivity index (χ1n) is 9.76. The fourth-order valence-electron chi connectivity index (χ4n) is 3.65. The highest BCUT2D eigenvalue weighted by Crippen LogP contribution is 2.23. The Morgan fingerprint density at radius 3 is 2.83 bits per heavy atom. The quantitative estimate of drug-likeness (QED) is 0.598. The van der Waals surface area contributed by atoms with E-state index in [1.807, 2.05) is 54.8 Å². The summed E-state index contributed by atoms with van der Waals surface area (Å²) in [5.41, 5.74) is 3.63. The minimum absolute atomic E-state index is 0.00428. The number of fused-ring (bicyclic) bond motifs is 2. The first kappa shape index (κ1) is 19.5. The largest absolute Gasteiger partial charge is 0.346 e. The van der Waals surface area contributed by atoms with Crippen LogP contribution in [0.25, 0.3) is 11.0 Å². The lowest BCUT2D eigenvalue weighted by Crippen LogP contribution is -2.34. The molecule has 6 nitrogen and oxygen atoms in total. The van der Waals surface area contributed by atoms with Crippen LogP contribution in [0.5, 0.6) is 0 Å². The fourth-order valence-corrected chi connectivity index (χ4v) is 4.12. The topological polar surface area (TPSA) is 78.1 Å². The van der Waals surface area contributed by atoms with Crippen LogP contribution < -0.4 is 5.32 Å². The number of thioether (sulfide) groups is 1. The summed E-state index contributed by atoms with van der Waals surface area (Å²) in [7, 11) is 0. The molecule has 0 saturated carbocycles. The average molecular weight is 409 g/mol. The highest BCUT2D eigenvalue weighted by molar-refractivity contribution is 7.98.